The third-order valence-electron chi connectivity index (χ3n) is 7.57. The Morgan fingerprint density at radius 1 is 1.10 bits per heavy atom. The van der Waals surface area contributed by atoms with Crippen molar-refractivity contribution in [3.63, 3.8) is 0 Å². The van der Waals surface area contributed by atoms with Gasteiger partial charge in [0.25, 0.3) is 11.8 Å². The van der Waals surface area contributed by atoms with E-state index in [9.17, 15) is 9.59 Å². The third kappa shape index (κ3) is 5.67. The standard InChI is InChI=1S/C31H27Cl2N3O6/c1-17-9-25(35-42-17)31(38)36-14-21-13-28-27(12-20(21)11-26(36)30(37)34-2)40-16-29(41-28)19-4-6-22(7-5-19)39-15-18-3-8-23(32)24(33)10-18/h3-4,6,8-10,12-13,26,29H,2,5,7,11,14-16H2,1H3/t26-,29?/m0/s1. The molecule has 3 heterocycles. The first-order valence-electron chi connectivity index (χ1n) is 13.5. The van der Waals surface area contributed by atoms with Gasteiger partial charge in [0, 0.05) is 25.5 Å². The van der Waals surface area contributed by atoms with E-state index in [0.717, 1.165) is 40.9 Å². The Labute approximate surface area is 252 Å². The number of rotatable bonds is 6. The van der Waals surface area contributed by atoms with E-state index in [1.807, 2.05) is 30.4 Å². The number of allylic oxidation sites excluding steroid dienone is 3. The first-order valence-corrected chi connectivity index (χ1v) is 14.2. The molecule has 0 spiro atoms. The maximum atomic E-state index is 13.3. The van der Waals surface area contributed by atoms with Gasteiger partial charge in [0.1, 0.15) is 25.0 Å². The molecule has 1 aromatic heterocycles. The van der Waals surface area contributed by atoms with Crippen molar-refractivity contribution >= 4 is 41.7 Å². The number of nitrogens with zero attached hydrogens (tertiary/aromatic N) is 3. The van der Waals surface area contributed by atoms with Gasteiger partial charge in [-0.1, -0.05) is 40.5 Å². The van der Waals surface area contributed by atoms with E-state index >= 15 is 0 Å². The SMILES string of the molecule is C=NC(=O)[C@@H]1Cc2cc3c(cc2CN1C(=O)c1cc(C)on1)OC(C1=CC=C(OCc2ccc(Cl)c(Cl)c2)CC1)CO3. The van der Waals surface area contributed by atoms with Crippen LogP contribution in [0.2, 0.25) is 10.0 Å². The predicted octanol–water partition coefficient (Wildman–Crippen LogP) is 6.04. The molecule has 2 aromatic carbocycles. The number of carbonyl (C=O) groups is 2. The molecule has 2 atom stereocenters. The summed E-state index contributed by atoms with van der Waals surface area (Å²) in [6.07, 6.45) is 5.49. The number of fused-ring (bicyclic) bond motifs is 2. The van der Waals surface area contributed by atoms with Crippen molar-refractivity contribution < 1.29 is 28.3 Å². The van der Waals surface area contributed by atoms with Gasteiger partial charge in [0.2, 0.25) is 0 Å². The Kier molecular flexibility index (Phi) is 7.79. The number of ether oxygens (including phenoxy) is 3. The number of aromatic nitrogens is 1. The lowest BCUT2D eigenvalue weighted by Crippen LogP contribution is -2.48. The minimum absolute atomic E-state index is 0.132. The topological polar surface area (TPSA) is 103 Å². The van der Waals surface area contributed by atoms with E-state index in [1.165, 1.54) is 4.90 Å². The van der Waals surface area contributed by atoms with Gasteiger partial charge in [-0.25, -0.2) is 4.99 Å². The lowest BCUT2D eigenvalue weighted by Gasteiger charge is -2.36. The van der Waals surface area contributed by atoms with Crippen molar-refractivity contribution in [2.75, 3.05) is 6.61 Å². The summed E-state index contributed by atoms with van der Waals surface area (Å²) < 4.78 is 23.6. The zero-order valence-corrected chi connectivity index (χ0v) is 24.3. The van der Waals surface area contributed by atoms with Gasteiger partial charge in [-0.05, 0) is 72.7 Å². The summed E-state index contributed by atoms with van der Waals surface area (Å²) in [7, 11) is 0. The second-order valence-electron chi connectivity index (χ2n) is 10.4. The molecular weight excluding hydrogens is 581 g/mol. The van der Waals surface area contributed by atoms with Crippen LogP contribution in [0.15, 0.2) is 69.4 Å². The second-order valence-corrected chi connectivity index (χ2v) is 11.2. The summed E-state index contributed by atoms with van der Waals surface area (Å²) in [5.74, 6) is 1.68. The minimum atomic E-state index is -0.804. The maximum absolute atomic E-state index is 13.3. The minimum Gasteiger partial charge on any atom is -0.493 e. The van der Waals surface area contributed by atoms with E-state index in [4.69, 9.17) is 41.9 Å². The summed E-state index contributed by atoms with van der Waals surface area (Å²) in [5, 5.41) is 4.85. The molecule has 1 unspecified atom stereocenters. The van der Waals surface area contributed by atoms with Crippen LogP contribution in [0.4, 0.5) is 0 Å². The molecule has 9 nitrogen and oxygen atoms in total. The maximum Gasteiger partial charge on any atom is 0.277 e. The second kappa shape index (κ2) is 11.7. The average molecular weight is 608 g/mol. The Hall–Kier alpha value is -4.08. The van der Waals surface area contributed by atoms with Crippen LogP contribution in [0.5, 0.6) is 11.5 Å². The molecule has 2 amide bonds. The van der Waals surface area contributed by atoms with Gasteiger partial charge >= 0.3 is 0 Å². The van der Waals surface area contributed by atoms with Crippen molar-refractivity contribution in [3.05, 3.63) is 98.1 Å². The first kappa shape index (κ1) is 28.1. The monoisotopic (exact) mass is 607 g/mol. The van der Waals surface area contributed by atoms with Crippen molar-refractivity contribution in [1.82, 2.24) is 10.1 Å². The Bertz CT molecular complexity index is 1650. The normalized spacial score (nSPS) is 19.4. The van der Waals surface area contributed by atoms with Gasteiger partial charge in [0.05, 0.1) is 15.8 Å². The van der Waals surface area contributed by atoms with Gasteiger partial charge in [-0.15, -0.1) is 0 Å². The van der Waals surface area contributed by atoms with Gasteiger partial charge in [0.15, 0.2) is 23.3 Å². The quantitative estimate of drug-likeness (QED) is 0.314. The fraction of sp³-hybridized carbons (Fsp3) is 0.290. The summed E-state index contributed by atoms with van der Waals surface area (Å²) >= 11 is 12.1. The highest BCUT2D eigenvalue weighted by molar-refractivity contribution is 6.42. The summed E-state index contributed by atoms with van der Waals surface area (Å²) in [4.78, 5) is 31.0. The van der Waals surface area contributed by atoms with Crippen LogP contribution < -0.4 is 9.47 Å². The van der Waals surface area contributed by atoms with E-state index in [0.29, 0.717) is 40.5 Å². The van der Waals surface area contributed by atoms with Crippen LogP contribution >= 0.6 is 23.2 Å². The third-order valence-corrected chi connectivity index (χ3v) is 8.31. The van der Waals surface area contributed by atoms with E-state index in [-0.39, 0.29) is 24.8 Å². The van der Waals surface area contributed by atoms with Crippen LogP contribution in [0.3, 0.4) is 0 Å². The molecule has 42 heavy (non-hydrogen) atoms. The largest absolute Gasteiger partial charge is 0.493 e. The highest BCUT2D eigenvalue weighted by atomic mass is 35.5. The van der Waals surface area contributed by atoms with Crippen LogP contribution in [0.25, 0.3) is 0 Å². The Morgan fingerprint density at radius 2 is 1.93 bits per heavy atom. The van der Waals surface area contributed by atoms with Gasteiger partial charge in [-0.2, -0.15) is 0 Å². The first-order chi connectivity index (χ1) is 20.3. The molecule has 0 bridgehead atoms. The number of benzene rings is 2. The van der Waals surface area contributed by atoms with Crippen LogP contribution in [-0.4, -0.2) is 47.3 Å². The number of halogens is 2. The van der Waals surface area contributed by atoms with Crippen LogP contribution in [0, 0.1) is 6.92 Å². The number of carbonyl (C=O) groups excluding carboxylic acids is 2. The fourth-order valence-electron chi connectivity index (χ4n) is 5.32. The number of aryl methyl sites for hydroxylation is 1. The van der Waals surface area contributed by atoms with Gasteiger partial charge < -0.3 is 23.6 Å². The summed E-state index contributed by atoms with van der Waals surface area (Å²) in [5.41, 5.74) is 3.92. The molecular formula is C31H27Cl2N3O6. The van der Waals surface area contributed by atoms with Crippen molar-refractivity contribution in [2.24, 2.45) is 4.99 Å². The van der Waals surface area contributed by atoms with Crippen molar-refractivity contribution in [2.45, 2.75) is 51.5 Å². The van der Waals surface area contributed by atoms with E-state index < -0.39 is 17.9 Å². The summed E-state index contributed by atoms with van der Waals surface area (Å²) in [6.45, 7) is 6.02. The summed E-state index contributed by atoms with van der Waals surface area (Å²) in [6, 6.07) is 9.97. The molecule has 6 rings (SSSR count). The highest BCUT2D eigenvalue weighted by Gasteiger charge is 2.37. The molecule has 11 heteroatoms. The Morgan fingerprint density at radius 3 is 2.64 bits per heavy atom. The number of aliphatic imine (C=N–C) groups is 1. The number of amides is 2. The molecule has 0 fully saturated rings. The fourth-order valence-corrected chi connectivity index (χ4v) is 5.64. The number of hydrogen-bond acceptors (Lipinski definition) is 7. The molecule has 216 valence electrons. The lowest BCUT2D eigenvalue weighted by atomic mass is 9.92. The predicted molar refractivity (Wildman–Crippen MR) is 156 cm³/mol. The van der Waals surface area contributed by atoms with E-state index in [1.54, 1.807) is 25.1 Å². The highest BCUT2D eigenvalue weighted by Crippen LogP contribution is 2.40. The average Bonchev–Trinajstić information content (AvgIpc) is 3.45. The molecule has 2 aliphatic heterocycles. The van der Waals surface area contributed by atoms with Crippen molar-refractivity contribution in [3.8, 4) is 11.5 Å². The van der Waals surface area contributed by atoms with Crippen LogP contribution in [-0.2, 0) is 29.1 Å². The smallest absolute Gasteiger partial charge is 0.277 e. The molecule has 3 aromatic rings. The molecule has 0 saturated carbocycles. The van der Waals surface area contributed by atoms with E-state index in [2.05, 4.69) is 16.9 Å². The number of hydrogen-bond donors (Lipinski definition) is 0. The molecule has 0 N–H and O–H groups in total. The van der Waals surface area contributed by atoms with Crippen LogP contribution in [0.1, 0.15) is 45.8 Å². The lowest BCUT2D eigenvalue weighted by molar-refractivity contribution is -0.122. The molecule has 3 aliphatic rings. The molecule has 0 saturated heterocycles. The molecule has 0 radical (unpaired) electrons. The Balaban J connectivity index is 1.16. The van der Waals surface area contributed by atoms with Crippen molar-refractivity contribution in [1.29, 1.82) is 0 Å². The molecule has 1 aliphatic carbocycles. The zero-order valence-electron chi connectivity index (χ0n) is 22.8. The zero-order chi connectivity index (χ0) is 29.4. The van der Waals surface area contributed by atoms with Gasteiger partial charge in [-0.3, -0.25) is 9.59 Å².